The summed E-state index contributed by atoms with van der Waals surface area (Å²) in [6.07, 6.45) is 6.29. The summed E-state index contributed by atoms with van der Waals surface area (Å²) in [6, 6.07) is 8.38. The molecule has 3 aromatic rings. The monoisotopic (exact) mass is 477 g/mol. The number of carbonyl (C=O) groups is 1. The van der Waals surface area contributed by atoms with Crippen molar-refractivity contribution in [3.63, 3.8) is 0 Å². The lowest BCUT2D eigenvalue weighted by Crippen LogP contribution is -2.13. The fourth-order valence-corrected chi connectivity index (χ4v) is 5.47. The summed E-state index contributed by atoms with van der Waals surface area (Å²) < 4.78 is 0. The molecular formula is C21H15N7O3S2. The number of fused-ring (bicyclic) bond motifs is 1. The first-order valence-corrected chi connectivity index (χ1v) is 11.4. The first-order chi connectivity index (χ1) is 16.0. The largest absolute Gasteiger partial charge is 0.312 e. The van der Waals surface area contributed by atoms with Crippen molar-refractivity contribution in [1.82, 2.24) is 15.2 Å². The Balaban J connectivity index is 1.60. The number of nitrogens with zero attached hydrogens (tertiary/aromatic N) is 5. The Morgan fingerprint density at radius 2 is 2.15 bits per heavy atom. The van der Waals surface area contributed by atoms with Gasteiger partial charge in [-0.05, 0) is 60.7 Å². The second-order valence-electron chi connectivity index (χ2n) is 7.03. The Bertz CT molecular complexity index is 1350. The number of rotatable bonds is 6. The second-order valence-corrected chi connectivity index (χ2v) is 9.16. The molecule has 0 bridgehead atoms. The number of hydrogen-bond acceptors (Lipinski definition) is 9. The van der Waals surface area contributed by atoms with Crippen molar-refractivity contribution in [2.45, 2.75) is 35.7 Å². The Labute approximate surface area is 196 Å². The molecule has 12 heteroatoms. The number of nitro groups is 1. The molecule has 33 heavy (non-hydrogen) atoms. The minimum Gasteiger partial charge on any atom is -0.312 e. The molecule has 0 saturated heterocycles. The quantitative estimate of drug-likeness (QED) is 0.231. The van der Waals surface area contributed by atoms with Crippen LogP contribution in [0.15, 0.2) is 40.2 Å². The number of hydrogen-bond donors (Lipinski definition) is 2. The van der Waals surface area contributed by atoms with Crippen LogP contribution in [0.3, 0.4) is 0 Å². The average Bonchev–Trinajstić information content (AvgIpc) is 3.45. The third-order valence-corrected chi connectivity index (χ3v) is 7.13. The number of amides is 1. The predicted molar refractivity (Wildman–Crippen MR) is 121 cm³/mol. The van der Waals surface area contributed by atoms with Crippen LogP contribution in [0.5, 0.6) is 0 Å². The van der Waals surface area contributed by atoms with Crippen LogP contribution in [0.25, 0.3) is 6.08 Å². The summed E-state index contributed by atoms with van der Waals surface area (Å²) in [6.45, 7) is 0. The SMILES string of the molecule is N#C/C(=C/c1ccc(Sc2ncn[nH]2)c([N+](=O)[O-])c1)C(=O)Nc1sc2c(c1C#N)CCCC2. The van der Waals surface area contributed by atoms with Gasteiger partial charge in [-0.3, -0.25) is 20.0 Å². The van der Waals surface area contributed by atoms with Crippen LogP contribution < -0.4 is 5.32 Å². The van der Waals surface area contributed by atoms with Gasteiger partial charge in [0.2, 0.25) is 0 Å². The molecule has 0 unspecified atom stereocenters. The van der Waals surface area contributed by atoms with Crippen molar-refractivity contribution >= 4 is 45.8 Å². The third kappa shape index (κ3) is 4.77. The Kier molecular flexibility index (Phi) is 6.49. The van der Waals surface area contributed by atoms with Gasteiger partial charge in [-0.1, -0.05) is 6.07 Å². The molecular weight excluding hydrogens is 462 g/mol. The van der Waals surface area contributed by atoms with Crippen LogP contribution in [0.2, 0.25) is 0 Å². The maximum atomic E-state index is 12.8. The Morgan fingerprint density at radius 3 is 2.85 bits per heavy atom. The molecule has 0 fully saturated rings. The number of anilines is 1. The van der Waals surface area contributed by atoms with Crippen molar-refractivity contribution in [2.75, 3.05) is 5.32 Å². The molecule has 0 atom stereocenters. The Hall–Kier alpha value is -4.00. The molecule has 1 aliphatic carbocycles. The van der Waals surface area contributed by atoms with E-state index in [1.165, 1.54) is 35.9 Å². The van der Waals surface area contributed by atoms with E-state index in [1.807, 2.05) is 6.07 Å². The highest BCUT2D eigenvalue weighted by atomic mass is 32.2. The molecule has 4 rings (SSSR count). The molecule has 0 spiro atoms. The normalized spacial score (nSPS) is 13.0. The topological polar surface area (TPSA) is 161 Å². The van der Waals surface area contributed by atoms with Crippen molar-refractivity contribution in [1.29, 1.82) is 10.5 Å². The first kappa shape index (κ1) is 22.2. The third-order valence-electron chi connectivity index (χ3n) is 4.97. The highest BCUT2D eigenvalue weighted by Crippen LogP contribution is 2.38. The fraction of sp³-hybridized carbons (Fsp3) is 0.190. The van der Waals surface area contributed by atoms with Gasteiger partial charge in [-0.25, -0.2) is 4.98 Å². The minimum atomic E-state index is -0.671. The summed E-state index contributed by atoms with van der Waals surface area (Å²) >= 11 is 2.40. The summed E-state index contributed by atoms with van der Waals surface area (Å²) in [5.41, 5.74) is 1.32. The van der Waals surface area contributed by atoms with Gasteiger partial charge in [-0.15, -0.1) is 11.3 Å². The lowest BCUT2D eigenvalue weighted by Gasteiger charge is -2.09. The molecule has 164 valence electrons. The molecule has 2 heterocycles. The molecule has 1 aliphatic rings. The highest BCUT2D eigenvalue weighted by Gasteiger charge is 2.23. The van der Waals surface area contributed by atoms with Crippen LogP contribution in [0, 0.1) is 32.8 Å². The maximum absolute atomic E-state index is 12.8. The zero-order valence-electron chi connectivity index (χ0n) is 17.0. The first-order valence-electron chi connectivity index (χ1n) is 9.79. The number of nitriles is 2. The van der Waals surface area contributed by atoms with Crippen LogP contribution in [-0.4, -0.2) is 26.0 Å². The van der Waals surface area contributed by atoms with E-state index in [1.54, 1.807) is 6.07 Å². The van der Waals surface area contributed by atoms with Crippen LogP contribution in [0.4, 0.5) is 10.7 Å². The van der Waals surface area contributed by atoms with E-state index in [2.05, 4.69) is 26.6 Å². The second kappa shape index (κ2) is 9.65. The minimum absolute atomic E-state index is 0.194. The molecule has 2 N–H and O–H groups in total. The smallest absolute Gasteiger partial charge is 0.283 e. The lowest BCUT2D eigenvalue weighted by atomic mass is 9.96. The number of thiophene rings is 1. The summed E-state index contributed by atoms with van der Waals surface area (Å²) in [4.78, 5) is 29.1. The molecule has 0 saturated carbocycles. The maximum Gasteiger partial charge on any atom is 0.283 e. The average molecular weight is 478 g/mol. The number of aromatic nitrogens is 3. The van der Waals surface area contributed by atoms with Crippen molar-refractivity contribution in [3.8, 4) is 12.1 Å². The van der Waals surface area contributed by atoms with E-state index in [4.69, 9.17) is 0 Å². The van der Waals surface area contributed by atoms with Gasteiger partial charge in [0.05, 0.1) is 15.4 Å². The van der Waals surface area contributed by atoms with E-state index in [-0.39, 0.29) is 11.3 Å². The molecule has 2 aromatic heterocycles. The van der Waals surface area contributed by atoms with Gasteiger partial charge < -0.3 is 5.32 Å². The lowest BCUT2D eigenvalue weighted by molar-refractivity contribution is -0.387. The number of benzene rings is 1. The highest BCUT2D eigenvalue weighted by molar-refractivity contribution is 7.99. The van der Waals surface area contributed by atoms with Gasteiger partial charge in [0.1, 0.15) is 29.0 Å². The number of H-pyrrole nitrogens is 1. The van der Waals surface area contributed by atoms with Gasteiger partial charge >= 0.3 is 0 Å². The molecule has 1 amide bonds. The van der Waals surface area contributed by atoms with E-state index < -0.39 is 10.8 Å². The van der Waals surface area contributed by atoms with Crippen LogP contribution in [-0.2, 0) is 17.6 Å². The zero-order chi connectivity index (χ0) is 23.4. The summed E-state index contributed by atoms with van der Waals surface area (Å²) in [5, 5.41) is 40.5. The fourth-order valence-electron chi connectivity index (χ4n) is 3.46. The van der Waals surface area contributed by atoms with E-state index >= 15 is 0 Å². The number of aromatic amines is 1. The van der Waals surface area contributed by atoms with Crippen molar-refractivity contribution in [2.24, 2.45) is 0 Å². The van der Waals surface area contributed by atoms with Gasteiger partial charge in [0.15, 0.2) is 5.16 Å². The zero-order valence-corrected chi connectivity index (χ0v) is 18.6. The number of aryl methyl sites for hydroxylation is 1. The van der Waals surface area contributed by atoms with Crippen molar-refractivity contribution in [3.05, 3.63) is 61.8 Å². The standard InChI is InChI=1S/C21H15N7O3S2/c22-9-13(19(29)26-20-15(10-23)14-3-1-2-4-17(14)32-20)7-12-5-6-18(16(8-12)28(30)31)33-21-24-11-25-27-21/h5-8,11H,1-4H2,(H,26,29)(H,24,25,27)/b13-7-. The summed E-state index contributed by atoms with van der Waals surface area (Å²) in [5.74, 6) is -0.671. The van der Waals surface area contributed by atoms with Crippen LogP contribution >= 0.6 is 23.1 Å². The molecule has 10 nitrogen and oxygen atoms in total. The van der Waals surface area contributed by atoms with Gasteiger partial charge in [-0.2, -0.15) is 15.6 Å². The van der Waals surface area contributed by atoms with Gasteiger partial charge in [0, 0.05) is 10.9 Å². The molecule has 1 aromatic carbocycles. The molecule has 0 aliphatic heterocycles. The van der Waals surface area contributed by atoms with Gasteiger partial charge in [0.25, 0.3) is 11.6 Å². The van der Waals surface area contributed by atoms with Crippen LogP contribution in [0.1, 0.15) is 34.4 Å². The number of nitrogens with one attached hydrogen (secondary N) is 2. The van der Waals surface area contributed by atoms with Crippen molar-refractivity contribution < 1.29 is 9.72 Å². The Morgan fingerprint density at radius 1 is 1.33 bits per heavy atom. The van der Waals surface area contributed by atoms with E-state index in [0.717, 1.165) is 47.9 Å². The predicted octanol–water partition coefficient (Wildman–Crippen LogP) is 4.22. The number of carbonyl (C=O) groups excluding carboxylic acids is 1. The molecule has 0 radical (unpaired) electrons. The number of nitro benzene ring substituents is 1. The van der Waals surface area contributed by atoms with E-state index in [9.17, 15) is 25.4 Å². The van der Waals surface area contributed by atoms with E-state index in [0.29, 0.717) is 26.2 Å². The summed E-state index contributed by atoms with van der Waals surface area (Å²) in [7, 11) is 0.